The van der Waals surface area contributed by atoms with Gasteiger partial charge in [-0.3, -0.25) is 4.79 Å². The van der Waals surface area contributed by atoms with Gasteiger partial charge in [0.2, 0.25) is 0 Å². The maximum Gasteiger partial charge on any atom is 0.273 e. The second-order valence-corrected chi connectivity index (χ2v) is 4.82. The number of carbonyl (C=O) groups excluding carboxylic acids is 1. The minimum Gasteiger partial charge on any atom is -0.375 e. The number of amides is 1. The summed E-state index contributed by atoms with van der Waals surface area (Å²) >= 11 is 1.31. The Labute approximate surface area is 93.1 Å². The van der Waals surface area contributed by atoms with Crippen molar-refractivity contribution in [2.24, 2.45) is 0 Å². The number of nitrogen functional groups attached to an aromatic ring is 1. The summed E-state index contributed by atoms with van der Waals surface area (Å²) in [4.78, 5) is 17.8. The average molecular weight is 225 g/mol. The van der Waals surface area contributed by atoms with E-state index in [2.05, 4.69) is 4.98 Å². The lowest BCUT2D eigenvalue weighted by molar-refractivity contribution is 0.0730. The highest BCUT2D eigenvalue weighted by Gasteiger charge is 2.25. The summed E-state index contributed by atoms with van der Waals surface area (Å²) < 4.78 is 0. The zero-order valence-corrected chi connectivity index (χ0v) is 9.59. The minimum atomic E-state index is -0.00477. The molecule has 0 spiro atoms. The van der Waals surface area contributed by atoms with Crippen LogP contribution in [-0.4, -0.2) is 28.9 Å². The smallest absolute Gasteiger partial charge is 0.273 e. The number of nitrogens with zero attached hydrogens (tertiary/aromatic N) is 2. The molecule has 15 heavy (non-hydrogen) atoms. The molecule has 1 heterocycles. The molecule has 1 saturated carbocycles. The normalized spacial score (nSPS) is 16.9. The van der Waals surface area contributed by atoms with E-state index in [9.17, 15) is 4.79 Å². The molecule has 4 nitrogen and oxygen atoms in total. The van der Waals surface area contributed by atoms with Crippen LogP contribution in [0.2, 0.25) is 0 Å². The van der Waals surface area contributed by atoms with Crippen molar-refractivity contribution in [3.05, 3.63) is 11.1 Å². The lowest BCUT2D eigenvalue weighted by atomic mass is 10.2. The molecule has 82 valence electrons. The predicted molar refractivity (Wildman–Crippen MR) is 60.9 cm³/mol. The minimum absolute atomic E-state index is 0.00477. The molecule has 1 aliphatic rings. The summed E-state index contributed by atoms with van der Waals surface area (Å²) in [5, 5.41) is 2.18. The number of carbonyl (C=O) groups is 1. The van der Waals surface area contributed by atoms with Crippen molar-refractivity contribution >= 4 is 22.4 Å². The molecule has 5 heteroatoms. The van der Waals surface area contributed by atoms with Gasteiger partial charge in [0.15, 0.2) is 5.13 Å². The number of hydrogen-bond donors (Lipinski definition) is 1. The molecule has 1 aromatic rings. The van der Waals surface area contributed by atoms with Crippen LogP contribution >= 0.6 is 11.3 Å². The first-order chi connectivity index (χ1) is 7.18. The topological polar surface area (TPSA) is 59.2 Å². The van der Waals surface area contributed by atoms with Crippen LogP contribution < -0.4 is 5.73 Å². The molecule has 2 N–H and O–H groups in total. The van der Waals surface area contributed by atoms with Gasteiger partial charge in [-0.15, -0.1) is 11.3 Å². The van der Waals surface area contributed by atoms with Crippen LogP contribution in [0.3, 0.4) is 0 Å². The molecule has 0 bridgehead atoms. The first-order valence-electron chi connectivity index (χ1n) is 5.16. The summed E-state index contributed by atoms with van der Waals surface area (Å²) in [6.45, 7) is 0. The third kappa shape index (κ3) is 2.12. The Morgan fingerprint density at radius 1 is 1.60 bits per heavy atom. The van der Waals surface area contributed by atoms with E-state index in [1.807, 2.05) is 11.9 Å². The van der Waals surface area contributed by atoms with Crippen molar-refractivity contribution < 1.29 is 4.79 Å². The average Bonchev–Trinajstić information content (AvgIpc) is 2.85. The van der Waals surface area contributed by atoms with Gasteiger partial charge < -0.3 is 10.6 Å². The highest BCUT2D eigenvalue weighted by molar-refractivity contribution is 7.13. The van der Waals surface area contributed by atoms with Crippen LogP contribution in [0.15, 0.2) is 5.38 Å². The third-order valence-electron chi connectivity index (χ3n) is 2.93. The Kier molecular flexibility index (Phi) is 2.90. The van der Waals surface area contributed by atoms with Crippen LogP contribution in [0, 0.1) is 0 Å². The van der Waals surface area contributed by atoms with Gasteiger partial charge in [-0.25, -0.2) is 4.98 Å². The first-order valence-corrected chi connectivity index (χ1v) is 6.04. The fraction of sp³-hybridized carbons (Fsp3) is 0.600. The molecule has 0 radical (unpaired) electrons. The Bertz CT molecular complexity index is 357. The maximum atomic E-state index is 12.0. The van der Waals surface area contributed by atoms with E-state index in [-0.39, 0.29) is 5.91 Å². The van der Waals surface area contributed by atoms with E-state index in [1.54, 1.807) is 5.38 Å². The van der Waals surface area contributed by atoms with E-state index >= 15 is 0 Å². The van der Waals surface area contributed by atoms with Gasteiger partial charge in [-0.1, -0.05) is 12.8 Å². The van der Waals surface area contributed by atoms with Gasteiger partial charge in [0.05, 0.1) is 0 Å². The van der Waals surface area contributed by atoms with Gasteiger partial charge in [-0.2, -0.15) is 0 Å². The van der Waals surface area contributed by atoms with E-state index in [4.69, 9.17) is 5.73 Å². The van der Waals surface area contributed by atoms with Crippen molar-refractivity contribution in [3.8, 4) is 0 Å². The molecule has 0 unspecified atom stereocenters. The molecule has 0 aliphatic heterocycles. The lowest BCUT2D eigenvalue weighted by Gasteiger charge is -2.23. The van der Waals surface area contributed by atoms with Gasteiger partial charge in [0.1, 0.15) is 5.69 Å². The maximum absolute atomic E-state index is 12.0. The van der Waals surface area contributed by atoms with E-state index in [1.165, 1.54) is 24.2 Å². The van der Waals surface area contributed by atoms with Crippen LogP contribution in [0.1, 0.15) is 36.2 Å². The number of hydrogen-bond acceptors (Lipinski definition) is 4. The van der Waals surface area contributed by atoms with E-state index in [0.29, 0.717) is 16.9 Å². The van der Waals surface area contributed by atoms with Crippen molar-refractivity contribution in [1.29, 1.82) is 0 Å². The fourth-order valence-electron chi connectivity index (χ4n) is 2.02. The first kappa shape index (κ1) is 10.4. The third-order valence-corrected chi connectivity index (χ3v) is 3.61. The highest BCUT2D eigenvalue weighted by atomic mass is 32.1. The summed E-state index contributed by atoms with van der Waals surface area (Å²) in [6, 6.07) is 0.389. The van der Waals surface area contributed by atoms with Crippen LogP contribution in [0.5, 0.6) is 0 Å². The zero-order chi connectivity index (χ0) is 10.8. The Morgan fingerprint density at radius 3 is 2.80 bits per heavy atom. The number of nitrogens with two attached hydrogens (primary N) is 1. The summed E-state index contributed by atoms with van der Waals surface area (Å²) in [6.07, 6.45) is 4.67. The monoisotopic (exact) mass is 225 g/mol. The summed E-state index contributed by atoms with van der Waals surface area (Å²) in [7, 11) is 1.86. The van der Waals surface area contributed by atoms with E-state index < -0.39 is 0 Å². The van der Waals surface area contributed by atoms with Crippen molar-refractivity contribution in [1.82, 2.24) is 9.88 Å². The van der Waals surface area contributed by atoms with Gasteiger partial charge in [0, 0.05) is 18.5 Å². The second kappa shape index (κ2) is 4.18. The number of aromatic nitrogens is 1. The number of thiazole rings is 1. The van der Waals surface area contributed by atoms with Crippen molar-refractivity contribution in [2.75, 3.05) is 12.8 Å². The van der Waals surface area contributed by atoms with Gasteiger partial charge in [0.25, 0.3) is 5.91 Å². The molecule has 0 saturated heterocycles. The Balaban J connectivity index is 2.06. The molecule has 1 aliphatic carbocycles. The van der Waals surface area contributed by atoms with Crippen LogP contribution in [0.4, 0.5) is 5.13 Å². The summed E-state index contributed by atoms with van der Waals surface area (Å²) in [5.41, 5.74) is 5.99. The number of anilines is 1. The van der Waals surface area contributed by atoms with E-state index in [0.717, 1.165) is 12.8 Å². The molecular weight excluding hydrogens is 210 g/mol. The number of rotatable bonds is 2. The standard InChI is InChI=1S/C10H15N3OS/c1-13(7-4-2-3-5-7)9(14)8-6-15-10(11)12-8/h6-7H,2-5H2,1H3,(H2,11,12). The molecule has 0 aromatic carbocycles. The van der Waals surface area contributed by atoms with Crippen LogP contribution in [-0.2, 0) is 0 Å². The highest BCUT2D eigenvalue weighted by Crippen LogP contribution is 2.24. The lowest BCUT2D eigenvalue weighted by Crippen LogP contribution is -2.35. The predicted octanol–water partition coefficient (Wildman–Crippen LogP) is 1.74. The largest absolute Gasteiger partial charge is 0.375 e. The zero-order valence-electron chi connectivity index (χ0n) is 8.77. The molecule has 1 fully saturated rings. The SMILES string of the molecule is CN(C(=O)c1csc(N)n1)C1CCCC1. The quantitative estimate of drug-likeness (QED) is 0.834. The molecule has 1 amide bonds. The molecular formula is C10H15N3OS. The molecule has 0 atom stereocenters. The summed E-state index contributed by atoms with van der Waals surface area (Å²) in [5.74, 6) is -0.00477. The van der Waals surface area contributed by atoms with Crippen molar-refractivity contribution in [3.63, 3.8) is 0 Å². The van der Waals surface area contributed by atoms with Gasteiger partial charge in [-0.05, 0) is 12.8 Å². The van der Waals surface area contributed by atoms with Gasteiger partial charge >= 0.3 is 0 Å². The second-order valence-electron chi connectivity index (χ2n) is 3.93. The molecule has 1 aromatic heterocycles. The van der Waals surface area contributed by atoms with Crippen molar-refractivity contribution in [2.45, 2.75) is 31.7 Å². The fourth-order valence-corrected chi connectivity index (χ4v) is 2.56. The Morgan fingerprint density at radius 2 is 2.27 bits per heavy atom. The molecule has 2 rings (SSSR count). The Hall–Kier alpha value is -1.10. The van der Waals surface area contributed by atoms with Crippen LogP contribution in [0.25, 0.3) is 0 Å².